The summed E-state index contributed by atoms with van der Waals surface area (Å²) in [6.45, 7) is 4.12. The van der Waals surface area contributed by atoms with Gasteiger partial charge in [0.2, 0.25) is 5.91 Å². The molecule has 1 N–H and O–H groups in total. The number of aliphatic carboxylic acids is 1. The molecule has 1 aromatic rings. The van der Waals surface area contributed by atoms with Gasteiger partial charge in [-0.25, -0.2) is 4.79 Å². The number of ether oxygens (including phenoxy) is 1. The maximum atomic E-state index is 12.3. The van der Waals surface area contributed by atoms with Crippen molar-refractivity contribution in [2.45, 2.75) is 26.4 Å². The molecule has 0 saturated carbocycles. The second-order valence-corrected chi connectivity index (χ2v) is 5.04. The SMILES string of the molecule is Cc1nn(CC(=O)N2CCOCC2C(=O)O)c(C)c1Cl. The highest BCUT2D eigenvalue weighted by Crippen LogP contribution is 2.19. The fourth-order valence-corrected chi connectivity index (χ4v) is 2.29. The minimum atomic E-state index is -1.07. The third-order valence-electron chi connectivity index (χ3n) is 3.31. The molecule has 1 unspecified atom stereocenters. The Morgan fingerprint density at radius 2 is 2.20 bits per heavy atom. The first-order valence-electron chi connectivity index (χ1n) is 6.21. The minimum Gasteiger partial charge on any atom is -0.480 e. The smallest absolute Gasteiger partial charge is 0.328 e. The molecule has 1 aromatic heterocycles. The van der Waals surface area contributed by atoms with Crippen molar-refractivity contribution < 1.29 is 19.4 Å². The van der Waals surface area contributed by atoms with Gasteiger partial charge in [0.05, 0.1) is 29.6 Å². The Morgan fingerprint density at radius 3 is 2.75 bits per heavy atom. The molecule has 7 nitrogen and oxygen atoms in total. The number of halogens is 1. The Hall–Kier alpha value is -1.60. The van der Waals surface area contributed by atoms with Crippen LogP contribution in [-0.4, -0.2) is 57.5 Å². The summed E-state index contributed by atoms with van der Waals surface area (Å²) < 4.78 is 6.60. The molecular formula is C12H16ClN3O4. The average molecular weight is 302 g/mol. The number of aromatic nitrogens is 2. The molecule has 20 heavy (non-hydrogen) atoms. The van der Waals surface area contributed by atoms with E-state index < -0.39 is 12.0 Å². The molecule has 2 rings (SSSR count). The van der Waals surface area contributed by atoms with Gasteiger partial charge in [-0.1, -0.05) is 11.6 Å². The molecule has 1 atom stereocenters. The van der Waals surface area contributed by atoms with Crippen LogP contribution in [0.4, 0.5) is 0 Å². The predicted octanol–water partition coefficient (Wildman–Crippen LogP) is 0.465. The van der Waals surface area contributed by atoms with E-state index in [1.165, 1.54) is 9.58 Å². The number of carbonyl (C=O) groups is 2. The largest absolute Gasteiger partial charge is 0.480 e. The third-order valence-corrected chi connectivity index (χ3v) is 3.86. The molecule has 8 heteroatoms. The Bertz CT molecular complexity index is 543. The maximum Gasteiger partial charge on any atom is 0.328 e. The normalized spacial score (nSPS) is 19.1. The summed E-state index contributed by atoms with van der Waals surface area (Å²) in [7, 11) is 0. The first-order chi connectivity index (χ1) is 9.41. The van der Waals surface area contributed by atoms with Gasteiger partial charge in [0, 0.05) is 6.54 Å². The first kappa shape index (κ1) is 14.8. The van der Waals surface area contributed by atoms with Crippen molar-refractivity contribution in [1.29, 1.82) is 0 Å². The zero-order chi connectivity index (χ0) is 14.9. The van der Waals surface area contributed by atoms with Crippen LogP contribution >= 0.6 is 11.6 Å². The van der Waals surface area contributed by atoms with Gasteiger partial charge in [-0.15, -0.1) is 0 Å². The molecule has 1 amide bonds. The van der Waals surface area contributed by atoms with E-state index in [0.29, 0.717) is 23.0 Å². The van der Waals surface area contributed by atoms with E-state index in [1.807, 2.05) is 0 Å². The Balaban J connectivity index is 2.14. The van der Waals surface area contributed by atoms with Crippen molar-refractivity contribution in [2.24, 2.45) is 0 Å². The highest BCUT2D eigenvalue weighted by molar-refractivity contribution is 6.31. The zero-order valence-electron chi connectivity index (χ0n) is 11.3. The number of hydrogen-bond donors (Lipinski definition) is 1. The van der Waals surface area contributed by atoms with Crippen LogP contribution in [0.3, 0.4) is 0 Å². The highest BCUT2D eigenvalue weighted by atomic mass is 35.5. The van der Waals surface area contributed by atoms with Crippen LogP contribution in [0.2, 0.25) is 5.02 Å². The van der Waals surface area contributed by atoms with E-state index >= 15 is 0 Å². The van der Waals surface area contributed by atoms with Gasteiger partial charge >= 0.3 is 5.97 Å². The molecule has 1 fully saturated rings. The lowest BCUT2D eigenvalue weighted by atomic mass is 10.2. The van der Waals surface area contributed by atoms with Gasteiger partial charge in [0.15, 0.2) is 6.04 Å². The van der Waals surface area contributed by atoms with E-state index in [2.05, 4.69) is 5.10 Å². The van der Waals surface area contributed by atoms with Crippen LogP contribution in [0.15, 0.2) is 0 Å². The van der Waals surface area contributed by atoms with Crippen LogP contribution in [0.25, 0.3) is 0 Å². The first-order valence-corrected chi connectivity index (χ1v) is 6.59. The monoisotopic (exact) mass is 301 g/mol. The lowest BCUT2D eigenvalue weighted by Crippen LogP contribution is -2.53. The minimum absolute atomic E-state index is 0.0128. The summed E-state index contributed by atoms with van der Waals surface area (Å²) in [5, 5.41) is 13.8. The van der Waals surface area contributed by atoms with Crippen LogP contribution in [0, 0.1) is 13.8 Å². The molecule has 0 aromatic carbocycles. The standard InChI is InChI=1S/C12H16ClN3O4/c1-7-11(13)8(2)16(14-7)5-10(17)15-3-4-20-6-9(15)12(18)19/h9H,3-6H2,1-2H3,(H,18,19). The second kappa shape index (κ2) is 5.80. The van der Waals surface area contributed by atoms with Gasteiger partial charge in [-0.2, -0.15) is 5.10 Å². The van der Waals surface area contributed by atoms with Crippen molar-refractivity contribution in [3.63, 3.8) is 0 Å². The number of morpholine rings is 1. The third kappa shape index (κ3) is 2.78. The molecule has 0 radical (unpaired) electrons. The Kier molecular flexibility index (Phi) is 4.29. The Morgan fingerprint density at radius 1 is 1.50 bits per heavy atom. The number of carbonyl (C=O) groups excluding carboxylic acids is 1. The molecule has 1 aliphatic heterocycles. The lowest BCUT2D eigenvalue weighted by molar-refractivity contribution is -0.158. The fourth-order valence-electron chi connectivity index (χ4n) is 2.15. The summed E-state index contributed by atoms with van der Waals surface area (Å²) in [5.74, 6) is -1.37. The van der Waals surface area contributed by atoms with Crippen LogP contribution < -0.4 is 0 Å². The molecule has 0 spiro atoms. The molecule has 2 heterocycles. The number of nitrogens with zero attached hydrogens (tertiary/aromatic N) is 3. The zero-order valence-corrected chi connectivity index (χ0v) is 12.1. The number of amides is 1. The van der Waals surface area contributed by atoms with E-state index in [4.69, 9.17) is 21.4 Å². The van der Waals surface area contributed by atoms with Crippen LogP contribution in [0.1, 0.15) is 11.4 Å². The summed E-state index contributed by atoms with van der Waals surface area (Å²) in [6.07, 6.45) is 0. The lowest BCUT2D eigenvalue weighted by Gasteiger charge is -2.32. The topological polar surface area (TPSA) is 84.7 Å². The van der Waals surface area contributed by atoms with E-state index in [-0.39, 0.29) is 25.6 Å². The number of aryl methyl sites for hydroxylation is 1. The Labute approximate surface area is 121 Å². The van der Waals surface area contributed by atoms with E-state index in [9.17, 15) is 9.59 Å². The molecule has 0 aliphatic carbocycles. The number of carboxylic acid groups (broad SMARTS) is 1. The number of rotatable bonds is 3. The van der Waals surface area contributed by atoms with Crippen molar-refractivity contribution in [1.82, 2.24) is 14.7 Å². The quantitative estimate of drug-likeness (QED) is 0.877. The summed E-state index contributed by atoms with van der Waals surface area (Å²) in [4.78, 5) is 24.7. The fraction of sp³-hybridized carbons (Fsp3) is 0.583. The van der Waals surface area contributed by atoms with E-state index in [0.717, 1.165) is 0 Å². The average Bonchev–Trinajstić information content (AvgIpc) is 2.66. The summed E-state index contributed by atoms with van der Waals surface area (Å²) in [5.41, 5.74) is 1.34. The van der Waals surface area contributed by atoms with Crippen molar-refractivity contribution in [3.05, 3.63) is 16.4 Å². The molecule has 0 bridgehead atoms. The second-order valence-electron chi connectivity index (χ2n) is 4.66. The van der Waals surface area contributed by atoms with Gasteiger partial charge in [-0.05, 0) is 13.8 Å². The maximum absolute atomic E-state index is 12.3. The van der Waals surface area contributed by atoms with Gasteiger partial charge in [0.25, 0.3) is 0 Å². The summed E-state index contributed by atoms with van der Waals surface area (Å²) in [6, 6.07) is -0.941. The molecule has 1 saturated heterocycles. The number of carboxylic acids is 1. The van der Waals surface area contributed by atoms with Gasteiger partial charge in [0.1, 0.15) is 6.54 Å². The molecule has 110 valence electrons. The van der Waals surface area contributed by atoms with Crippen molar-refractivity contribution in [2.75, 3.05) is 19.8 Å². The van der Waals surface area contributed by atoms with Gasteiger partial charge < -0.3 is 14.7 Å². The molecular weight excluding hydrogens is 286 g/mol. The molecule has 1 aliphatic rings. The predicted molar refractivity (Wildman–Crippen MR) is 70.7 cm³/mol. The van der Waals surface area contributed by atoms with Crippen LogP contribution in [0.5, 0.6) is 0 Å². The van der Waals surface area contributed by atoms with Crippen molar-refractivity contribution in [3.8, 4) is 0 Å². The highest BCUT2D eigenvalue weighted by Gasteiger charge is 2.33. The van der Waals surface area contributed by atoms with Gasteiger partial charge in [-0.3, -0.25) is 9.48 Å². The van der Waals surface area contributed by atoms with E-state index in [1.54, 1.807) is 13.8 Å². The van der Waals surface area contributed by atoms with Crippen molar-refractivity contribution >= 4 is 23.5 Å². The summed E-state index contributed by atoms with van der Waals surface area (Å²) >= 11 is 6.02. The number of hydrogen-bond acceptors (Lipinski definition) is 4. The van der Waals surface area contributed by atoms with Crippen LogP contribution in [-0.2, 0) is 20.9 Å².